The number of hydrogen-bond donors (Lipinski definition) is 1. The van der Waals surface area contributed by atoms with Crippen LogP contribution >= 0.6 is 11.3 Å². The Morgan fingerprint density at radius 2 is 2.40 bits per heavy atom. The Morgan fingerprint density at radius 1 is 1.60 bits per heavy atom. The number of ether oxygens (including phenoxy) is 1. The average Bonchev–Trinajstić information content (AvgIpc) is 2.96. The Balaban J connectivity index is 1.78. The molecule has 1 unspecified atom stereocenters. The molecule has 1 aromatic heterocycles. The van der Waals surface area contributed by atoms with Gasteiger partial charge in [0.05, 0.1) is 5.51 Å². The van der Waals surface area contributed by atoms with Gasteiger partial charge in [-0.25, -0.2) is 4.79 Å². The van der Waals surface area contributed by atoms with Crippen molar-refractivity contribution in [3.8, 4) is 0 Å². The van der Waals surface area contributed by atoms with Gasteiger partial charge < -0.3 is 10.1 Å². The van der Waals surface area contributed by atoms with Crippen molar-refractivity contribution in [2.45, 2.75) is 51.8 Å². The van der Waals surface area contributed by atoms with Gasteiger partial charge in [0.2, 0.25) is 0 Å². The van der Waals surface area contributed by atoms with E-state index in [1.807, 2.05) is 32.5 Å². The fourth-order valence-electron chi connectivity index (χ4n) is 2.37. The lowest BCUT2D eigenvalue weighted by molar-refractivity contribution is 0.0512. The van der Waals surface area contributed by atoms with Crippen LogP contribution in [0.3, 0.4) is 0 Å². The van der Waals surface area contributed by atoms with E-state index in [-0.39, 0.29) is 6.09 Å². The van der Waals surface area contributed by atoms with Gasteiger partial charge in [-0.05, 0) is 40.2 Å². The van der Waals surface area contributed by atoms with E-state index in [1.165, 1.54) is 11.3 Å². The van der Waals surface area contributed by atoms with Crippen molar-refractivity contribution in [1.29, 1.82) is 0 Å². The van der Waals surface area contributed by atoms with Crippen LogP contribution in [-0.2, 0) is 11.3 Å². The van der Waals surface area contributed by atoms with Gasteiger partial charge in [-0.15, -0.1) is 11.3 Å². The highest BCUT2D eigenvalue weighted by atomic mass is 32.1. The highest BCUT2D eigenvalue weighted by Crippen LogP contribution is 2.21. The number of hydrogen-bond acceptors (Lipinski definition) is 5. The van der Waals surface area contributed by atoms with Gasteiger partial charge in [0.1, 0.15) is 5.60 Å². The molecule has 112 valence electrons. The standard InChI is InChI=1S/C14H23N3O2S/c1-14(2,3)19-13(18)16-7-11-5-4-6-17(11)9-12-8-15-10-20-12/h8,10-11H,4-7,9H2,1-3H3,(H,16,18). The second kappa shape index (κ2) is 6.54. The predicted octanol–water partition coefficient (Wildman–Crippen LogP) is 2.63. The van der Waals surface area contributed by atoms with Crippen LogP contribution < -0.4 is 5.32 Å². The SMILES string of the molecule is CC(C)(C)OC(=O)NCC1CCCN1Cc1cncs1. The Kier molecular flexibility index (Phi) is 4.99. The number of nitrogens with one attached hydrogen (secondary N) is 1. The molecule has 0 bridgehead atoms. The minimum absolute atomic E-state index is 0.331. The molecule has 1 aliphatic heterocycles. The molecule has 1 aromatic rings. The average molecular weight is 297 g/mol. The molecular formula is C14H23N3O2S. The van der Waals surface area contributed by atoms with Gasteiger partial charge in [0, 0.05) is 30.2 Å². The van der Waals surface area contributed by atoms with Crippen LogP contribution in [0.15, 0.2) is 11.7 Å². The highest BCUT2D eigenvalue weighted by molar-refractivity contribution is 7.09. The summed E-state index contributed by atoms with van der Waals surface area (Å²) >= 11 is 1.68. The molecule has 0 aromatic carbocycles. The highest BCUT2D eigenvalue weighted by Gasteiger charge is 2.26. The van der Waals surface area contributed by atoms with Crippen LogP contribution in [-0.4, -0.2) is 40.7 Å². The summed E-state index contributed by atoms with van der Waals surface area (Å²) in [7, 11) is 0. The molecule has 1 saturated heterocycles. The zero-order valence-corrected chi connectivity index (χ0v) is 13.2. The molecule has 1 fully saturated rings. The van der Waals surface area contributed by atoms with Crippen molar-refractivity contribution in [2.24, 2.45) is 0 Å². The Hall–Kier alpha value is -1.14. The van der Waals surface area contributed by atoms with Crippen LogP contribution in [0, 0.1) is 0 Å². The fourth-order valence-corrected chi connectivity index (χ4v) is 2.99. The number of nitrogens with zero attached hydrogens (tertiary/aromatic N) is 2. The Morgan fingerprint density at radius 3 is 3.05 bits per heavy atom. The van der Waals surface area contributed by atoms with Crippen LogP contribution in [0.2, 0.25) is 0 Å². The summed E-state index contributed by atoms with van der Waals surface area (Å²) in [6, 6.07) is 0.393. The van der Waals surface area contributed by atoms with Gasteiger partial charge in [-0.3, -0.25) is 9.88 Å². The third kappa shape index (κ3) is 4.76. The predicted molar refractivity (Wildman–Crippen MR) is 79.8 cm³/mol. The maximum atomic E-state index is 11.7. The van der Waals surface area contributed by atoms with E-state index < -0.39 is 5.60 Å². The Bertz CT molecular complexity index is 428. The van der Waals surface area contributed by atoms with E-state index in [2.05, 4.69) is 15.2 Å². The second-order valence-electron chi connectivity index (χ2n) is 6.12. The van der Waals surface area contributed by atoms with Crippen molar-refractivity contribution in [3.05, 3.63) is 16.6 Å². The molecule has 1 N–H and O–H groups in total. The number of thiazole rings is 1. The zero-order valence-electron chi connectivity index (χ0n) is 12.4. The van der Waals surface area contributed by atoms with Gasteiger partial charge in [0.15, 0.2) is 0 Å². The summed E-state index contributed by atoms with van der Waals surface area (Å²) < 4.78 is 5.26. The molecule has 1 aliphatic rings. The molecular weight excluding hydrogens is 274 g/mol. The van der Waals surface area contributed by atoms with Gasteiger partial charge in [-0.2, -0.15) is 0 Å². The monoisotopic (exact) mass is 297 g/mol. The first kappa shape index (κ1) is 15.3. The third-order valence-corrected chi connectivity index (χ3v) is 3.99. The molecule has 1 amide bonds. The smallest absolute Gasteiger partial charge is 0.407 e. The lowest BCUT2D eigenvalue weighted by Gasteiger charge is -2.25. The number of carbonyl (C=O) groups is 1. The number of aromatic nitrogens is 1. The van der Waals surface area contributed by atoms with Crippen molar-refractivity contribution in [1.82, 2.24) is 15.2 Å². The number of rotatable bonds is 4. The third-order valence-electron chi connectivity index (χ3n) is 3.22. The number of carbonyl (C=O) groups excluding carboxylic acids is 1. The molecule has 0 aliphatic carbocycles. The molecule has 0 saturated carbocycles. The van der Waals surface area contributed by atoms with Crippen LogP contribution in [0.25, 0.3) is 0 Å². The summed E-state index contributed by atoms with van der Waals surface area (Å²) in [6.45, 7) is 8.27. The van der Waals surface area contributed by atoms with Crippen LogP contribution in [0.4, 0.5) is 4.79 Å². The van der Waals surface area contributed by atoms with Crippen LogP contribution in [0.5, 0.6) is 0 Å². The van der Waals surface area contributed by atoms with Crippen molar-refractivity contribution >= 4 is 17.4 Å². The van der Waals surface area contributed by atoms with E-state index in [1.54, 1.807) is 11.3 Å². The molecule has 1 atom stereocenters. The number of amides is 1. The van der Waals surface area contributed by atoms with Gasteiger partial charge in [0.25, 0.3) is 0 Å². The topological polar surface area (TPSA) is 54.5 Å². The van der Waals surface area contributed by atoms with Gasteiger partial charge >= 0.3 is 6.09 Å². The summed E-state index contributed by atoms with van der Waals surface area (Å²) in [5.74, 6) is 0. The number of likely N-dealkylation sites (tertiary alicyclic amines) is 1. The van der Waals surface area contributed by atoms with Crippen molar-refractivity contribution in [2.75, 3.05) is 13.1 Å². The molecule has 2 heterocycles. The molecule has 2 rings (SSSR count). The first-order valence-electron chi connectivity index (χ1n) is 7.02. The summed E-state index contributed by atoms with van der Waals surface area (Å²) in [6.07, 6.45) is 3.89. The van der Waals surface area contributed by atoms with Crippen molar-refractivity contribution in [3.63, 3.8) is 0 Å². The van der Waals surface area contributed by atoms with E-state index in [9.17, 15) is 4.79 Å². The lowest BCUT2D eigenvalue weighted by Crippen LogP contribution is -2.41. The van der Waals surface area contributed by atoms with E-state index in [0.717, 1.165) is 19.5 Å². The fraction of sp³-hybridized carbons (Fsp3) is 0.714. The minimum Gasteiger partial charge on any atom is -0.444 e. The quantitative estimate of drug-likeness (QED) is 0.928. The summed E-state index contributed by atoms with van der Waals surface area (Å²) in [5.41, 5.74) is 1.42. The normalized spacial score (nSPS) is 20.1. The first-order valence-corrected chi connectivity index (χ1v) is 7.90. The molecule has 0 spiro atoms. The lowest BCUT2D eigenvalue weighted by atomic mass is 10.2. The largest absolute Gasteiger partial charge is 0.444 e. The van der Waals surface area contributed by atoms with Crippen LogP contribution in [0.1, 0.15) is 38.5 Å². The number of alkyl carbamates (subject to hydrolysis) is 1. The summed E-state index contributed by atoms with van der Waals surface area (Å²) in [4.78, 5) is 19.5. The van der Waals surface area contributed by atoms with E-state index in [4.69, 9.17) is 4.74 Å². The molecule has 5 nitrogen and oxygen atoms in total. The zero-order chi connectivity index (χ0) is 14.6. The maximum absolute atomic E-state index is 11.7. The molecule has 0 radical (unpaired) electrons. The summed E-state index contributed by atoms with van der Waals surface area (Å²) in [5, 5.41) is 2.88. The van der Waals surface area contributed by atoms with Crippen molar-refractivity contribution < 1.29 is 9.53 Å². The maximum Gasteiger partial charge on any atom is 0.407 e. The van der Waals surface area contributed by atoms with E-state index in [0.29, 0.717) is 12.6 Å². The Labute approximate surface area is 124 Å². The molecule has 6 heteroatoms. The second-order valence-corrected chi connectivity index (χ2v) is 7.09. The van der Waals surface area contributed by atoms with E-state index >= 15 is 0 Å². The first-order chi connectivity index (χ1) is 9.44. The van der Waals surface area contributed by atoms with Gasteiger partial charge in [-0.1, -0.05) is 0 Å². The minimum atomic E-state index is -0.442. The molecule has 20 heavy (non-hydrogen) atoms.